The molecule has 0 unspecified atom stereocenters. The Labute approximate surface area is 131 Å². The number of rotatable bonds is 11. The largest absolute Gasteiger partial charge is 0.466 e. The Bertz CT molecular complexity index is 325. The van der Waals surface area contributed by atoms with Gasteiger partial charge in [-0.05, 0) is 25.0 Å². The highest BCUT2D eigenvalue weighted by atomic mass is 32.2. The van der Waals surface area contributed by atoms with E-state index in [0.717, 1.165) is 37.2 Å². The number of carbonyl (C=O) groups is 2. The fourth-order valence-corrected chi connectivity index (χ4v) is 3.15. The van der Waals surface area contributed by atoms with Crippen LogP contribution in [0.5, 0.6) is 0 Å². The van der Waals surface area contributed by atoms with Crippen LogP contribution in [0.1, 0.15) is 45.4 Å². The summed E-state index contributed by atoms with van der Waals surface area (Å²) in [5.41, 5.74) is 0. The van der Waals surface area contributed by atoms with Crippen molar-refractivity contribution in [2.45, 2.75) is 51.5 Å². The molecule has 1 fully saturated rings. The summed E-state index contributed by atoms with van der Waals surface area (Å²) >= 11 is 1.74. The summed E-state index contributed by atoms with van der Waals surface area (Å²) in [5.74, 6) is 1.79. The summed E-state index contributed by atoms with van der Waals surface area (Å²) in [6, 6.07) is 0.00615. The van der Waals surface area contributed by atoms with Gasteiger partial charge in [0.1, 0.15) is 0 Å². The highest BCUT2D eigenvalue weighted by molar-refractivity contribution is 7.99. The van der Waals surface area contributed by atoms with Crippen LogP contribution in [0.15, 0.2) is 0 Å². The molecule has 0 aliphatic carbocycles. The molecule has 1 atom stereocenters. The van der Waals surface area contributed by atoms with Gasteiger partial charge in [-0.2, -0.15) is 11.8 Å². The van der Waals surface area contributed by atoms with Crippen LogP contribution < -0.4 is 0 Å². The van der Waals surface area contributed by atoms with Gasteiger partial charge >= 0.3 is 5.97 Å². The van der Waals surface area contributed by atoms with Crippen molar-refractivity contribution in [1.82, 2.24) is 4.90 Å². The summed E-state index contributed by atoms with van der Waals surface area (Å²) in [6.45, 7) is 3.34. The van der Waals surface area contributed by atoms with Crippen molar-refractivity contribution < 1.29 is 19.4 Å². The molecule has 21 heavy (non-hydrogen) atoms. The molecular formula is C15H27NO4S. The lowest BCUT2D eigenvalue weighted by atomic mass is 10.2. The Hall–Kier alpha value is -0.750. The molecule has 0 aromatic carbocycles. The van der Waals surface area contributed by atoms with Gasteiger partial charge < -0.3 is 14.7 Å². The van der Waals surface area contributed by atoms with Gasteiger partial charge in [-0.15, -0.1) is 0 Å². The van der Waals surface area contributed by atoms with E-state index in [4.69, 9.17) is 4.74 Å². The summed E-state index contributed by atoms with van der Waals surface area (Å²) < 4.78 is 5.08. The number of amides is 1. The van der Waals surface area contributed by atoms with Gasteiger partial charge in [0.2, 0.25) is 5.91 Å². The molecule has 1 rings (SSSR count). The van der Waals surface area contributed by atoms with Crippen LogP contribution in [0.2, 0.25) is 0 Å². The van der Waals surface area contributed by atoms with E-state index in [2.05, 4.69) is 6.92 Å². The highest BCUT2D eigenvalue weighted by Gasteiger charge is 2.29. The number of carbonyl (C=O) groups excluding carboxylic acids is 2. The molecule has 0 aromatic rings. The second-order valence-electron chi connectivity index (χ2n) is 5.25. The lowest BCUT2D eigenvalue weighted by Gasteiger charge is -2.22. The van der Waals surface area contributed by atoms with Crippen LogP contribution in [0.4, 0.5) is 0 Å². The quantitative estimate of drug-likeness (QED) is 0.465. The fraction of sp³-hybridized carbons (Fsp3) is 0.867. The van der Waals surface area contributed by atoms with E-state index in [-0.39, 0.29) is 24.5 Å². The molecule has 5 nitrogen and oxygen atoms in total. The Morgan fingerprint density at radius 2 is 2.24 bits per heavy atom. The number of likely N-dealkylation sites (tertiary alicyclic amines) is 1. The Morgan fingerprint density at radius 3 is 2.95 bits per heavy atom. The highest BCUT2D eigenvalue weighted by Crippen LogP contribution is 2.19. The zero-order valence-corrected chi connectivity index (χ0v) is 13.7. The molecule has 1 amide bonds. The molecule has 0 aromatic heterocycles. The first-order valence-electron chi connectivity index (χ1n) is 7.82. The van der Waals surface area contributed by atoms with Gasteiger partial charge in [0.05, 0.1) is 19.3 Å². The van der Waals surface area contributed by atoms with E-state index in [9.17, 15) is 14.7 Å². The van der Waals surface area contributed by atoms with Crippen LogP contribution in [-0.2, 0) is 14.3 Å². The molecule has 0 radical (unpaired) electrons. The molecule has 1 saturated heterocycles. The summed E-state index contributed by atoms with van der Waals surface area (Å²) in [7, 11) is 0. The molecule has 1 heterocycles. The number of nitrogens with zero attached hydrogens (tertiary/aromatic N) is 1. The molecule has 1 N–H and O–H groups in total. The first kappa shape index (κ1) is 18.3. The molecule has 122 valence electrons. The SMILES string of the molecule is CCCCOC(=O)CCCSCCN1C(=O)CC[C@@H]1CO. The minimum absolute atomic E-state index is 0.00615. The number of aliphatic hydroxyl groups excluding tert-OH is 1. The van der Waals surface area contributed by atoms with Crippen molar-refractivity contribution >= 4 is 23.6 Å². The third kappa shape index (κ3) is 7.18. The lowest BCUT2D eigenvalue weighted by Crippen LogP contribution is -2.37. The monoisotopic (exact) mass is 317 g/mol. The number of aliphatic hydroxyl groups is 1. The third-order valence-corrected chi connectivity index (χ3v) is 4.62. The van der Waals surface area contributed by atoms with Gasteiger partial charge in [-0.25, -0.2) is 0 Å². The molecule has 1 aliphatic heterocycles. The van der Waals surface area contributed by atoms with Gasteiger partial charge in [0.15, 0.2) is 0 Å². The summed E-state index contributed by atoms with van der Waals surface area (Å²) in [4.78, 5) is 24.8. The van der Waals surface area contributed by atoms with Crippen molar-refractivity contribution in [3.8, 4) is 0 Å². The lowest BCUT2D eigenvalue weighted by molar-refractivity contribution is -0.143. The average Bonchev–Trinajstić information content (AvgIpc) is 2.83. The Kier molecular flexibility index (Phi) is 9.50. The van der Waals surface area contributed by atoms with Crippen molar-refractivity contribution in [1.29, 1.82) is 0 Å². The number of ether oxygens (including phenoxy) is 1. The number of hydrogen-bond acceptors (Lipinski definition) is 5. The first-order valence-corrected chi connectivity index (χ1v) is 8.98. The second-order valence-corrected chi connectivity index (χ2v) is 6.48. The van der Waals surface area contributed by atoms with Crippen molar-refractivity contribution in [3.63, 3.8) is 0 Å². The first-order chi connectivity index (χ1) is 10.2. The van der Waals surface area contributed by atoms with Crippen molar-refractivity contribution in [2.75, 3.05) is 31.3 Å². The van der Waals surface area contributed by atoms with E-state index >= 15 is 0 Å². The standard InChI is InChI=1S/C15H27NO4S/c1-2-3-9-20-15(19)5-4-10-21-11-8-16-13(12-17)6-7-14(16)18/h13,17H,2-12H2,1H3/t13-/m1/s1. The molecule has 0 bridgehead atoms. The smallest absolute Gasteiger partial charge is 0.305 e. The van der Waals surface area contributed by atoms with E-state index in [1.165, 1.54) is 0 Å². The maximum Gasteiger partial charge on any atom is 0.305 e. The molecule has 6 heteroatoms. The summed E-state index contributed by atoms with van der Waals surface area (Å²) in [5, 5.41) is 9.19. The normalized spacial score (nSPS) is 18.3. The molecule has 0 spiro atoms. The van der Waals surface area contributed by atoms with Crippen LogP contribution >= 0.6 is 11.8 Å². The third-order valence-electron chi connectivity index (χ3n) is 3.57. The predicted octanol–water partition coefficient (Wildman–Crippen LogP) is 1.83. The van der Waals surface area contributed by atoms with Crippen LogP contribution in [0.25, 0.3) is 0 Å². The molecule has 1 aliphatic rings. The molecule has 0 saturated carbocycles. The van der Waals surface area contributed by atoms with Crippen LogP contribution in [0.3, 0.4) is 0 Å². The van der Waals surface area contributed by atoms with E-state index in [1.54, 1.807) is 16.7 Å². The predicted molar refractivity (Wildman–Crippen MR) is 84.2 cm³/mol. The van der Waals surface area contributed by atoms with Crippen LogP contribution in [0, 0.1) is 0 Å². The van der Waals surface area contributed by atoms with Gasteiger partial charge in [0, 0.05) is 25.1 Å². The molecular weight excluding hydrogens is 290 g/mol. The number of unbranched alkanes of at least 4 members (excludes halogenated alkanes) is 1. The Morgan fingerprint density at radius 1 is 1.43 bits per heavy atom. The maximum atomic E-state index is 11.6. The maximum absolute atomic E-state index is 11.6. The summed E-state index contributed by atoms with van der Waals surface area (Å²) in [6.07, 6.45) is 4.57. The zero-order chi connectivity index (χ0) is 15.5. The fourth-order valence-electron chi connectivity index (χ4n) is 2.28. The van der Waals surface area contributed by atoms with Crippen LogP contribution in [-0.4, -0.2) is 59.2 Å². The average molecular weight is 317 g/mol. The number of thioether (sulfide) groups is 1. The van der Waals surface area contributed by atoms with Gasteiger partial charge in [-0.1, -0.05) is 13.3 Å². The van der Waals surface area contributed by atoms with E-state index in [0.29, 0.717) is 26.0 Å². The minimum atomic E-state index is -0.112. The van der Waals surface area contributed by atoms with Gasteiger partial charge in [0.25, 0.3) is 0 Å². The van der Waals surface area contributed by atoms with Crippen molar-refractivity contribution in [2.24, 2.45) is 0 Å². The van der Waals surface area contributed by atoms with E-state index < -0.39 is 0 Å². The zero-order valence-electron chi connectivity index (χ0n) is 12.9. The minimum Gasteiger partial charge on any atom is -0.466 e. The number of hydrogen-bond donors (Lipinski definition) is 1. The van der Waals surface area contributed by atoms with E-state index in [1.807, 2.05) is 0 Å². The topological polar surface area (TPSA) is 66.8 Å². The van der Waals surface area contributed by atoms with Crippen molar-refractivity contribution in [3.05, 3.63) is 0 Å². The number of esters is 1. The second kappa shape index (κ2) is 10.9. The Balaban J connectivity index is 1.99. The van der Waals surface area contributed by atoms with Gasteiger partial charge in [-0.3, -0.25) is 9.59 Å².